The van der Waals surface area contributed by atoms with Crippen molar-refractivity contribution in [2.24, 2.45) is 0 Å². The highest BCUT2D eigenvalue weighted by Gasteiger charge is 2.25. The second-order valence-electron chi connectivity index (χ2n) is 7.46. The largest absolute Gasteiger partial charge is 0.415 e. The smallest absolute Gasteiger partial charge is 0.255 e. The maximum Gasteiger partial charge on any atom is 0.255 e. The topological polar surface area (TPSA) is 31.2 Å². The van der Waals surface area contributed by atoms with Crippen molar-refractivity contribution in [2.75, 3.05) is 0 Å². The lowest BCUT2D eigenvalue weighted by Gasteiger charge is -2.30. The Bertz CT molecular complexity index is 747. The Hall–Kier alpha value is -1.36. The van der Waals surface area contributed by atoms with Gasteiger partial charge in [-0.05, 0) is 48.7 Å². The molecule has 5 heteroatoms. The van der Waals surface area contributed by atoms with E-state index in [4.69, 9.17) is 16.0 Å². The predicted octanol–water partition coefficient (Wildman–Crippen LogP) is 4.04. The molecule has 2 rings (SSSR count). The molecule has 0 radical (unpaired) electrons. The first kappa shape index (κ1) is 18.0. The first-order valence-corrected chi connectivity index (χ1v) is 9.38. The van der Waals surface area contributed by atoms with Gasteiger partial charge in [-0.25, -0.2) is 0 Å². The number of benzene rings is 1. The van der Waals surface area contributed by atoms with Crippen LogP contribution in [0.3, 0.4) is 0 Å². The zero-order chi connectivity index (χ0) is 17.3. The van der Waals surface area contributed by atoms with Gasteiger partial charge in [0, 0.05) is 17.3 Å². The van der Waals surface area contributed by atoms with E-state index in [0.717, 1.165) is 11.3 Å². The standard InChI is InChI=1S/C18H24ClNO2Si/c1-17(2,3)23-22-18(4,5)13-9-10-20(16(21)11-13)15-8-6-7-14(19)12-15/h6-12H,23H2,1-5H3. The second kappa shape index (κ2) is 6.63. The summed E-state index contributed by atoms with van der Waals surface area (Å²) >= 11 is 6.00. The first-order chi connectivity index (χ1) is 10.6. The Morgan fingerprint density at radius 3 is 2.35 bits per heavy atom. The van der Waals surface area contributed by atoms with Gasteiger partial charge in [-0.2, -0.15) is 0 Å². The third-order valence-corrected chi connectivity index (χ3v) is 5.53. The molecule has 0 spiro atoms. The molecule has 1 aromatic carbocycles. The van der Waals surface area contributed by atoms with Crippen LogP contribution in [-0.4, -0.2) is 14.3 Å². The maximum absolute atomic E-state index is 12.5. The van der Waals surface area contributed by atoms with Crippen molar-refractivity contribution in [2.45, 2.75) is 45.3 Å². The molecule has 0 amide bonds. The molecule has 0 unspecified atom stereocenters. The van der Waals surface area contributed by atoms with Crippen molar-refractivity contribution >= 4 is 21.4 Å². The molecule has 0 fully saturated rings. The van der Waals surface area contributed by atoms with E-state index >= 15 is 0 Å². The molecule has 0 aliphatic rings. The Morgan fingerprint density at radius 1 is 1.09 bits per heavy atom. The molecule has 1 heterocycles. The van der Waals surface area contributed by atoms with E-state index in [1.54, 1.807) is 29.0 Å². The van der Waals surface area contributed by atoms with E-state index in [9.17, 15) is 4.79 Å². The zero-order valence-electron chi connectivity index (χ0n) is 14.4. The first-order valence-electron chi connectivity index (χ1n) is 7.72. The van der Waals surface area contributed by atoms with Gasteiger partial charge in [-0.1, -0.05) is 38.4 Å². The van der Waals surface area contributed by atoms with E-state index in [0.29, 0.717) is 5.02 Å². The average molecular weight is 350 g/mol. The summed E-state index contributed by atoms with van der Waals surface area (Å²) in [6.45, 7) is 10.6. The molecule has 0 saturated heterocycles. The molecule has 0 aliphatic carbocycles. The van der Waals surface area contributed by atoms with Crippen LogP contribution in [0.1, 0.15) is 40.2 Å². The monoisotopic (exact) mass is 349 g/mol. The van der Waals surface area contributed by atoms with Crippen molar-refractivity contribution in [3.8, 4) is 5.69 Å². The third kappa shape index (κ3) is 4.80. The Labute approximate surface area is 145 Å². The molecular weight excluding hydrogens is 326 g/mol. The summed E-state index contributed by atoms with van der Waals surface area (Å²) in [5.41, 5.74) is 1.12. The van der Waals surface area contributed by atoms with Crippen LogP contribution < -0.4 is 5.56 Å². The molecule has 0 atom stereocenters. The summed E-state index contributed by atoms with van der Waals surface area (Å²) in [5.74, 6) is 0. The predicted molar refractivity (Wildman–Crippen MR) is 99.4 cm³/mol. The molecule has 2 aromatic rings. The van der Waals surface area contributed by atoms with E-state index in [-0.39, 0.29) is 10.6 Å². The molecule has 3 nitrogen and oxygen atoms in total. The highest BCUT2D eigenvalue weighted by Crippen LogP contribution is 2.28. The average Bonchev–Trinajstić information content (AvgIpc) is 2.44. The molecule has 124 valence electrons. The summed E-state index contributed by atoms with van der Waals surface area (Å²) < 4.78 is 7.76. The van der Waals surface area contributed by atoms with E-state index in [1.165, 1.54) is 0 Å². The highest BCUT2D eigenvalue weighted by atomic mass is 35.5. The quantitative estimate of drug-likeness (QED) is 0.780. The van der Waals surface area contributed by atoms with Crippen molar-refractivity contribution in [1.29, 1.82) is 0 Å². The van der Waals surface area contributed by atoms with E-state index < -0.39 is 15.4 Å². The van der Waals surface area contributed by atoms with Crippen LogP contribution in [0.4, 0.5) is 0 Å². The van der Waals surface area contributed by atoms with Crippen LogP contribution in [0.5, 0.6) is 0 Å². The molecule has 1 aromatic heterocycles. The molecular formula is C18H24ClNO2Si. The Morgan fingerprint density at radius 2 is 1.78 bits per heavy atom. The Kier molecular flexibility index (Phi) is 5.19. The van der Waals surface area contributed by atoms with Gasteiger partial charge in [-0.15, -0.1) is 0 Å². The van der Waals surface area contributed by atoms with Crippen molar-refractivity contribution < 1.29 is 4.43 Å². The lowest BCUT2D eigenvalue weighted by Crippen LogP contribution is -2.30. The summed E-state index contributed by atoms with van der Waals surface area (Å²) in [7, 11) is -0.703. The van der Waals surface area contributed by atoms with Crippen LogP contribution in [0, 0.1) is 0 Å². The molecule has 23 heavy (non-hydrogen) atoms. The van der Waals surface area contributed by atoms with Crippen LogP contribution in [0.25, 0.3) is 5.69 Å². The zero-order valence-corrected chi connectivity index (χ0v) is 16.6. The molecule has 0 N–H and O–H groups in total. The van der Waals surface area contributed by atoms with Gasteiger partial charge in [-0.3, -0.25) is 9.36 Å². The summed E-state index contributed by atoms with van der Waals surface area (Å²) in [4.78, 5) is 12.5. The fourth-order valence-electron chi connectivity index (χ4n) is 2.17. The van der Waals surface area contributed by atoms with Gasteiger partial charge >= 0.3 is 0 Å². The molecule has 0 aliphatic heterocycles. The molecule has 0 saturated carbocycles. The minimum absolute atomic E-state index is 0.0844. The van der Waals surface area contributed by atoms with Crippen LogP contribution in [-0.2, 0) is 10.0 Å². The third-order valence-electron chi connectivity index (χ3n) is 3.57. The molecule has 0 bridgehead atoms. The summed E-state index contributed by atoms with van der Waals surface area (Å²) in [6.07, 6.45) is 1.78. The fourth-order valence-corrected chi connectivity index (χ4v) is 3.32. The van der Waals surface area contributed by atoms with Crippen LogP contribution in [0.2, 0.25) is 10.1 Å². The van der Waals surface area contributed by atoms with Crippen LogP contribution >= 0.6 is 11.6 Å². The van der Waals surface area contributed by atoms with Gasteiger partial charge in [0.25, 0.3) is 5.56 Å². The van der Waals surface area contributed by atoms with Gasteiger partial charge in [0.15, 0.2) is 9.76 Å². The lowest BCUT2D eigenvalue weighted by atomic mass is 10.00. The van der Waals surface area contributed by atoms with Crippen molar-refractivity contribution in [3.05, 3.63) is 63.5 Å². The fraction of sp³-hybridized carbons (Fsp3) is 0.389. The summed E-state index contributed by atoms with van der Waals surface area (Å²) in [5, 5.41) is 0.825. The highest BCUT2D eigenvalue weighted by molar-refractivity contribution is 6.31. The number of hydrogen-bond acceptors (Lipinski definition) is 2. The number of halogens is 1. The SMILES string of the molecule is CC(C)(C)[SiH2]OC(C)(C)c1ccn(-c2cccc(Cl)c2)c(=O)c1. The van der Waals surface area contributed by atoms with Crippen molar-refractivity contribution in [1.82, 2.24) is 4.57 Å². The number of nitrogens with zero attached hydrogens (tertiary/aromatic N) is 1. The van der Waals surface area contributed by atoms with Crippen LogP contribution in [0.15, 0.2) is 47.4 Å². The van der Waals surface area contributed by atoms with E-state index in [1.807, 2.05) is 32.0 Å². The van der Waals surface area contributed by atoms with Gasteiger partial charge < -0.3 is 4.43 Å². The van der Waals surface area contributed by atoms with Gasteiger partial charge in [0.2, 0.25) is 0 Å². The Balaban J connectivity index is 2.30. The normalized spacial score (nSPS) is 13.0. The summed E-state index contributed by atoms with van der Waals surface area (Å²) in [6, 6.07) is 10.9. The minimum atomic E-state index is -0.703. The van der Waals surface area contributed by atoms with Crippen molar-refractivity contribution in [3.63, 3.8) is 0 Å². The lowest BCUT2D eigenvalue weighted by molar-refractivity contribution is 0.109. The number of pyridine rings is 1. The maximum atomic E-state index is 12.5. The minimum Gasteiger partial charge on any atom is -0.415 e. The number of aromatic nitrogens is 1. The van der Waals surface area contributed by atoms with Gasteiger partial charge in [0.05, 0.1) is 11.3 Å². The van der Waals surface area contributed by atoms with Gasteiger partial charge in [0.1, 0.15) is 0 Å². The second-order valence-corrected chi connectivity index (χ2v) is 10.6. The number of rotatable bonds is 4. The number of hydrogen-bond donors (Lipinski definition) is 0. The van der Waals surface area contributed by atoms with E-state index in [2.05, 4.69) is 20.8 Å².